The number of ether oxygens (including phenoxy) is 1. The number of hydrogen-bond donors (Lipinski definition) is 1. The van der Waals surface area contributed by atoms with Crippen molar-refractivity contribution in [2.75, 3.05) is 5.32 Å². The van der Waals surface area contributed by atoms with Crippen LogP contribution in [0.25, 0.3) is 0 Å². The molecule has 4 heteroatoms. The van der Waals surface area contributed by atoms with E-state index in [2.05, 4.69) is 10.3 Å². The zero-order chi connectivity index (χ0) is 14.5. The number of aromatic nitrogens is 1. The number of hydrogen-bond acceptors (Lipinski definition) is 3. The highest BCUT2D eigenvalue weighted by atomic mass is 16.5. The van der Waals surface area contributed by atoms with E-state index in [4.69, 9.17) is 4.74 Å². The monoisotopic (exact) mass is 262 g/mol. The van der Waals surface area contributed by atoms with Gasteiger partial charge in [0.2, 0.25) is 0 Å². The third kappa shape index (κ3) is 1.90. The van der Waals surface area contributed by atoms with Crippen LogP contribution in [-0.4, -0.2) is 16.5 Å². The van der Waals surface area contributed by atoms with Gasteiger partial charge in [0.25, 0.3) is 5.91 Å². The largest absolute Gasteiger partial charge is 0.472 e. The third-order valence-electron chi connectivity index (χ3n) is 3.70. The lowest BCUT2D eigenvalue weighted by molar-refractivity contribution is -0.161. The van der Waals surface area contributed by atoms with Gasteiger partial charge >= 0.3 is 0 Å². The molecule has 0 spiro atoms. The van der Waals surface area contributed by atoms with E-state index in [1.807, 2.05) is 53.7 Å². The van der Waals surface area contributed by atoms with E-state index in [0.29, 0.717) is 11.6 Å². The summed E-state index contributed by atoms with van der Waals surface area (Å²) in [4.78, 5) is 16.8. The molecule has 19 heavy (non-hydrogen) atoms. The minimum atomic E-state index is -0.934. The van der Waals surface area contributed by atoms with Gasteiger partial charge in [0, 0.05) is 17.0 Å². The van der Waals surface area contributed by atoms with Crippen molar-refractivity contribution in [2.45, 2.75) is 47.1 Å². The molecule has 1 amide bonds. The molecule has 0 saturated carbocycles. The Bertz CT molecular complexity index is 496. The predicted molar refractivity (Wildman–Crippen MR) is 75.1 cm³/mol. The quantitative estimate of drug-likeness (QED) is 0.781. The van der Waals surface area contributed by atoms with Crippen molar-refractivity contribution in [3.63, 3.8) is 0 Å². The van der Waals surface area contributed by atoms with Crippen LogP contribution in [0.15, 0.2) is 18.3 Å². The van der Waals surface area contributed by atoms with Gasteiger partial charge in [0.05, 0.1) is 0 Å². The number of carbonyl (C=O) groups excluding carboxylic acids is 1. The summed E-state index contributed by atoms with van der Waals surface area (Å²) in [6, 6.07) is 3.65. The fraction of sp³-hybridized carbons (Fsp3) is 0.600. The average molecular weight is 262 g/mol. The lowest BCUT2D eigenvalue weighted by Crippen LogP contribution is -2.66. The predicted octanol–water partition coefficient (Wildman–Crippen LogP) is 3.24. The van der Waals surface area contributed by atoms with Crippen molar-refractivity contribution >= 4 is 11.7 Å². The SMILES string of the molecule is CC(C)(C)C1(C(C)(C)C)Oc2cccnc2NC1=O. The zero-order valence-electron chi connectivity index (χ0n) is 12.5. The Morgan fingerprint density at radius 2 is 1.74 bits per heavy atom. The number of amides is 1. The van der Waals surface area contributed by atoms with Crippen LogP contribution >= 0.6 is 0 Å². The van der Waals surface area contributed by atoms with Gasteiger partial charge in [0.1, 0.15) is 0 Å². The lowest BCUT2D eigenvalue weighted by atomic mass is 9.61. The van der Waals surface area contributed by atoms with Crippen LogP contribution in [0.1, 0.15) is 41.5 Å². The first-order valence-corrected chi connectivity index (χ1v) is 6.55. The first kappa shape index (κ1) is 13.8. The highest BCUT2D eigenvalue weighted by Crippen LogP contribution is 2.50. The van der Waals surface area contributed by atoms with E-state index < -0.39 is 5.60 Å². The molecule has 2 heterocycles. The summed E-state index contributed by atoms with van der Waals surface area (Å²) in [6.07, 6.45) is 1.64. The minimum Gasteiger partial charge on any atom is -0.472 e. The van der Waals surface area contributed by atoms with Gasteiger partial charge in [-0.3, -0.25) is 4.79 Å². The molecule has 1 aromatic rings. The smallest absolute Gasteiger partial charge is 0.270 e. The minimum absolute atomic E-state index is 0.126. The van der Waals surface area contributed by atoms with Crippen LogP contribution in [0.2, 0.25) is 0 Å². The highest BCUT2D eigenvalue weighted by Gasteiger charge is 2.60. The van der Waals surface area contributed by atoms with Crippen molar-refractivity contribution in [3.05, 3.63) is 18.3 Å². The fourth-order valence-electron chi connectivity index (χ4n) is 3.09. The molecule has 1 N–H and O–H groups in total. The number of carbonyl (C=O) groups is 1. The molecule has 0 unspecified atom stereocenters. The van der Waals surface area contributed by atoms with Gasteiger partial charge in [0.15, 0.2) is 17.2 Å². The van der Waals surface area contributed by atoms with E-state index >= 15 is 0 Å². The van der Waals surface area contributed by atoms with Crippen molar-refractivity contribution in [3.8, 4) is 5.75 Å². The molecule has 0 aromatic carbocycles. The van der Waals surface area contributed by atoms with Crippen molar-refractivity contribution in [1.82, 2.24) is 4.98 Å². The fourth-order valence-corrected chi connectivity index (χ4v) is 3.09. The highest BCUT2D eigenvalue weighted by molar-refractivity contribution is 6.01. The Morgan fingerprint density at radius 3 is 2.26 bits per heavy atom. The summed E-state index contributed by atoms with van der Waals surface area (Å²) in [6.45, 7) is 12.2. The normalized spacial score (nSPS) is 18.3. The lowest BCUT2D eigenvalue weighted by Gasteiger charge is -2.52. The molecule has 2 rings (SSSR count). The number of nitrogens with one attached hydrogen (secondary N) is 1. The van der Waals surface area contributed by atoms with E-state index in [1.165, 1.54) is 0 Å². The van der Waals surface area contributed by atoms with Gasteiger partial charge in [-0.25, -0.2) is 4.98 Å². The molecule has 1 aliphatic heterocycles. The maximum absolute atomic E-state index is 12.7. The number of nitrogens with zero attached hydrogens (tertiary/aromatic N) is 1. The Labute approximate surface area is 114 Å². The summed E-state index contributed by atoms with van der Waals surface area (Å²) in [5.74, 6) is 1.00. The molecular formula is C15H22N2O2. The first-order chi connectivity index (χ1) is 8.59. The summed E-state index contributed by atoms with van der Waals surface area (Å²) < 4.78 is 6.19. The molecule has 0 saturated heterocycles. The molecule has 1 aromatic heterocycles. The van der Waals surface area contributed by atoms with E-state index in [-0.39, 0.29) is 16.7 Å². The maximum atomic E-state index is 12.7. The third-order valence-corrected chi connectivity index (χ3v) is 3.70. The van der Waals surface area contributed by atoms with Crippen LogP contribution in [0, 0.1) is 10.8 Å². The second kappa shape index (κ2) is 3.95. The Kier molecular flexibility index (Phi) is 2.88. The molecule has 4 nitrogen and oxygen atoms in total. The summed E-state index contributed by atoms with van der Waals surface area (Å²) >= 11 is 0. The zero-order valence-corrected chi connectivity index (χ0v) is 12.5. The first-order valence-electron chi connectivity index (χ1n) is 6.55. The van der Waals surface area contributed by atoms with Crippen molar-refractivity contribution < 1.29 is 9.53 Å². The van der Waals surface area contributed by atoms with Gasteiger partial charge in [-0.05, 0) is 12.1 Å². The number of anilines is 1. The molecule has 1 aliphatic rings. The van der Waals surface area contributed by atoms with E-state index in [1.54, 1.807) is 6.20 Å². The molecule has 0 fully saturated rings. The second-order valence-corrected chi connectivity index (χ2v) is 7.09. The van der Waals surface area contributed by atoms with Crippen LogP contribution in [0.3, 0.4) is 0 Å². The standard InChI is InChI=1S/C15H22N2O2/c1-13(2,3)15(14(4,5)6)12(18)17-11-10(19-15)8-7-9-16-11/h7-9H,1-6H3,(H,16,17,18). The van der Waals surface area contributed by atoms with Crippen LogP contribution in [-0.2, 0) is 4.79 Å². The molecule has 0 radical (unpaired) electrons. The van der Waals surface area contributed by atoms with E-state index in [0.717, 1.165) is 0 Å². The number of pyridine rings is 1. The topological polar surface area (TPSA) is 51.2 Å². The second-order valence-electron chi connectivity index (χ2n) is 7.09. The summed E-state index contributed by atoms with van der Waals surface area (Å²) in [5, 5.41) is 2.89. The molecule has 0 aliphatic carbocycles. The number of fused-ring (bicyclic) bond motifs is 1. The molecule has 0 atom stereocenters. The van der Waals surface area contributed by atoms with Crippen LogP contribution in [0.5, 0.6) is 5.75 Å². The average Bonchev–Trinajstić information content (AvgIpc) is 2.24. The Balaban J connectivity index is 2.62. The Hall–Kier alpha value is -1.58. The van der Waals surface area contributed by atoms with Gasteiger partial charge in [-0.1, -0.05) is 41.5 Å². The van der Waals surface area contributed by atoms with Crippen LogP contribution in [0.4, 0.5) is 5.82 Å². The van der Waals surface area contributed by atoms with Gasteiger partial charge in [-0.15, -0.1) is 0 Å². The summed E-state index contributed by atoms with van der Waals surface area (Å²) in [5.41, 5.74) is -1.62. The Morgan fingerprint density at radius 1 is 1.16 bits per heavy atom. The van der Waals surface area contributed by atoms with Crippen molar-refractivity contribution in [2.24, 2.45) is 10.8 Å². The molecule has 0 bridgehead atoms. The number of rotatable bonds is 0. The van der Waals surface area contributed by atoms with Gasteiger partial charge in [-0.2, -0.15) is 0 Å². The van der Waals surface area contributed by atoms with E-state index in [9.17, 15) is 4.79 Å². The maximum Gasteiger partial charge on any atom is 0.270 e. The summed E-state index contributed by atoms with van der Waals surface area (Å²) in [7, 11) is 0. The van der Waals surface area contributed by atoms with Gasteiger partial charge < -0.3 is 10.1 Å². The van der Waals surface area contributed by atoms with Crippen LogP contribution < -0.4 is 10.1 Å². The van der Waals surface area contributed by atoms with Crippen molar-refractivity contribution in [1.29, 1.82) is 0 Å². The molecule has 104 valence electrons. The molecular weight excluding hydrogens is 240 g/mol.